The highest BCUT2D eigenvalue weighted by molar-refractivity contribution is 5.67. The summed E-state index contributed by atoms with van der Waals surface area (Å²) in [5.41, 5.74) is 0.941. The van der Waals surface area contributed by atoms with Crippen LogP contribution in [0.25, 0.3) is 6.08 Å². The number of allylic oxidation sites excluding steroid dienone is 1. The molecule has 1 N–H and O–H groups in total. The molecule has 3 rings (SSSR count). The first-order valence-electron chi connectivity index (χ1n) is 9.45. The Bertz CT molecular complexity index is 893. The number of hydrogen-bond acceptors (Lipinski definition) is 4. The molecule has 1 aliphatic heterocycles. The number of rotatable bonds is 6. The van der Waals surface area contributed by atoms with Gasteiger partial charge >= 0.3 is 6.09 Å². The van der Waals surface area contributed by atoms with Crippen LogP contribution in [0.3, 0.4) is 0 Å². The van der Waals surface area contributed by atoms with Gasteiger partial charge in [-0.15, -0.1) is 0 Å². The summed E-state index contributed by atoms with van der Waals surface area (Å²) in [5, 5.41) is 20.5. The number of hydrogen-bond donors (Lipinski definition) is 1. The second-order valence-electron chi connectivity index (χ2n) is 7.44. The first-order valence-corrected chi connectivity index (χ1v) is 9.45. The topological polar surface area (TPSA) is 92.9 Å². The van der Waals surface area contributed by atoms with E-state index in [-0.39, 0.29) is 17.8 Å². The van der Waals surface area contributed by atoms with Crippen LogP contribution in [-0.4, -0.2) is 32.8 Å². The molecule has 0 bridgehead atoms. The van der Waals surface area contributed by atoms with Crippen molar-refractivity contribution < 1.29 is 19.6 Å². The molecule has 1 saturated heterocycles. The first-order chi connectivity index (χ1) is 13.8. The van der Waals surface area contributed by atoms with Gasteiger partial charge in [0.1, 0.15) is 11.8 Å². The third-order valence-corrected chi connectivity index (χ3v) is 5.05. The van der Waals surface area contributed by atoms with Crippen molar-refractivity contribution in [1.82, 2.24) is 4.90 Å². The molecule has 1 aliphatic rings. The zero-order chi connectivity index (χ0) is 21.0. The van der Waals surface area contributed by atoms with Crippen LogP contribution in [0.5, 0.6) is 0 Å². The fourth-order valence-corrected chi connectivity index (χ4v) is 3.76. The van der Waals surface area contributed by atoms with Crippen molar-refractivity contribution in [3.8, 4) is 0 Å². The van der Waals surface area contributed by atoms with E-state index in [1.54, 1.807) is 26.0 Å². The zero-order valence-corrected chi connectivity index (χ0v) is 16.4. The summed E-state index contributed by atoms with van der Waals surface area (Å²) >= 11 is 0. The second kappa shape index (κ2) is 8.45. The van der Waals surface area contributed by atoms with Crippen molar-refractivity contribution in [2.24, 2.45) is 0 Å². The van der Waals surface area contributed by atoms with Gasteiger partial charge in [-0.25, -0.2) is 4.79 Å². The Balaban J connectivity index is 1.73. The molecule has 2 aromatic carbocycles. The average Bonchev–Trinajstić information content (AvgIpc) is 2.97. The fourth-order valence-electron chi connectivity index (χ4n) is 3.76. The van der Waals surface area contributed by atoms with E-state index in [9.17, 15) is 20.0 Å². The molecular weight excluding hydrogens is 372 g/mol. The van der Waals surface area contributed by atoms with Gasteiger partial charge in [0.2, 0.25) is 0 Å². The van der Waals surface area contributed by atoms with Gasteiger partial charge in [-0.05, 0) is 49.9 Å². The molecular formula is C22H24N2O5. The number of nitro benzene ring substituents is 1. The van der Waals surface area contributed by atoms with E-state index in [1.807, 2.05) is 42.5 Å². The second-order valence-corrected chi connectivity index (χ2v) is 7.44. The summed E-state index contributed by atoms with van der Waals surface area (Å²) in [7, 11) is 0. The molecule has 1 heterocycles. The number of carboxylic acid groups (broad SMARTS) is 1. The molecule has 0 aromatic heterocycles. The molecule has 0 aliphatic carbocycles. The van der Waals surface area contributed by atoms with Crippen LogP contribution in [-0.2, 0) is 4.74 Å². The Morgan fingerprint density at radius 1 is 1.21 bits per heavy atom. The highest BCUT2D eigenvalue weighted by Crippen LogP contribution is 2.42. The Morgan fingerprint density at radius 3 is 2.45 bits per heavy atom. The maximum Gasteiger partial charge on any atom is 0.409 e. The highest BCUT2D eigenvalue weighted by Gasteiger charge is 2.50. The van der Waals surface area contributed by atoms with Crippen LogP contribution in [0.1, 0.15) is 43.9 Å². The van der Waals surface area contributed by atoms with Crippen LogP contribution in [0.2, 0.25) is 0 Å². The predicted octanol–water partition coefficient (Wildman–Crippen LogP) is 5.24. The first kappa shape index (κ1) is 20.5. The van der Waals surface area contributed by atoms with E-state index in [1.165, 1.54) is 17.0 Å². The van der Waals surface area contributed by atoms with Crippen LogP contribution in [0, 0.1) is 10.1 Å². The van der Waals surface area contributed by atoms with Gasteiger partial charge in [0.05, 0.1) is 11.0 Å². The minimum absolute atomic E-state index is 0.0512. The van der Waals surface area contributed by atoms with E-state index in [4.69, 9.17) is 4.74 Å². The Hall–Kier alpha value is -3.19. The fraction of sp³-hybridized carbons (Fsp3) is 0.318. The van der Waals surface area contributed by atoms with Gasteiger partial charge in [-0.1, -0.05) is 42.5 Å². The number of benzene rings is 2. The Morgan fingerprint density at radius 2 is 1.86 bits per heavy atom. The number of nitrogens with zero attached hydrogens (tertiary/aromatic N) is 2. The van der Waals surface area contributed by atoms with Crippen molar-refractivity contribution in [3.05, 3.63) is 81.9 Å². The standard InChI is InChI=1S/C22H24N2O5/c1-22(2)23(21(25)26)19(20(29-22)17-9-4-3-5-10-17)11-7-6-8-16-12-14-18(15-13-16)24(27)28/h3-6,8-10,12-15,19-20H,7,11H2,1-2H3,(H,25,26)/t19-,20-/m1/s1. The van der Waals surface area contributed by atoms with Gasteiger partial charge in [0.25, 0.3) is 5.69 Å². The molecule has 7 nitrogen and oxygen atoms in total. The largest absolute Gasteiger partial charge is 0.465 e. The molecule has 0 radical (unpaired) electrons. The molecule has 2 atom stereocenters. The minimum atomic E-state index is -1.00. The van der Waals surface area contributed by atoms with Crippen molar-refractivity contribution in [1.29, 1.82) is 0 Å². The quantitative estimate of drug-likeness (QED) is 0.532. The maximum absolute atomic E-state index is 11.9. The molecule has 0 saturated carbocycles. The van der Waals surface area contributed by atoms with Gasteiger partial charge in [0, 0.05) is 12.1 Å². The van der Waals surface area contributed by atoms with E-state index >= 15 is 0 Å². The van der Waals surface area contributed by atoms with Gasteiger partial charge < -0.3 is 9.84 Å². The average molecular weight is 396 g/mol. The molecule has 1 fully saturated rings. The Labute approximate surface area is 169 Å². The minimum Gasteiger partial charge on any atom is -0.465 e. The SMILES string of the molecule is CC1(C)O[C@H](c2ccccc2)[C@@H](CCC=Cc2ccc([N+](=O)[O-])cc2)N1C(=O)O. The summed E-state index contributed by atoms with van der Waals surface area (Å²) in [6.45, 7) is 3.54. The molecule has 7 heteroatoms. The smallest absolute Gasteiger partial charge is 0.409 e. The highest BCUT2D eigenvalue weighted by atomic mass is 16.6. The summed E-state index contributed by atoms with van der Waals surface area (Å²) < 4.78 is 6.13. The molecule has 2 aromatic rings. The van der Waals surface area contributed by atoms with Gasteiger partial charge in [-0.3, -0.25) is 15.0 Å². The van der Waals surface area contributed by atoms with E-state index in [0.29, 0.717) is 12.8 Å². The van der Waals surface area contributed by atoms with Crippen molar-refractivity contribution in [2.75, 3.05) is 0 Å². The molecule has 29 heavy (non-hydrogen) atoms. The number of amides is 1. The van der Waals surface area contributed by atoms with Crippen LogP contribution >= 0.6 is 0 Å². The predicted molar refractivity (Wildman–Crippen MR) is 109 cm³/mol. The normalized spacial score (nSPS) is 20.8. The lowest BCUT2D eigenvalue weighted by Gasteiger charge is -2.30. The van der Waals surface area contributed by atoms with E-state index in [2.05, 4.69) is 0 Å². The summed E-state index contributed by atoms with van der Waals surface area (Å²) in [6, 6.07) is 15.6. The van der Waals surface area contributed by atoms with Gasteiger partial charge in [0.15, 0.2) is 0 Å². The lowest BCUT2D eigenvalue weighted by atomic mass is 9.97. The van der Waals surface area contributed by atoms with E-state index in [0.717, 1.165) is 11.1 Å². The Kier molecular flexibility index (Phi) is 5.98. The van der Waals surface area contributed by atoms with Crippen molar-refractivity contribution in [3.63, 3.8) is 0 Å². The summed E-state index contributed by atoms with van der Waals surface area (Å²) in [4.78, 5) is 23.6. The van der Waals surface area contributed by atoms with Crippen molar-refractivity contribution in [2.45, 2.75) is 44.6 Å². The number of ether oxygens (including phenoxy) is 1. The number of carbonyl (C=O) groups is 1. The van der Waals surface area contributed by atoms with Crippen LogP contribution in [0.4, 0.5) is 10.5 Å². The van der Waals surface area contributed by atoms with E-state index < -0.39 is 16.7 Å². The summed E-state index contributed by atoms with van der Waals surface area (Å²) in [6.07, 6.45) is 3.74. The summed E-state index contributed by atoms with van der Waals surface area (Å²) in [5.74, 6) is 0. The van der Waals surface area contributed by atoms with Crippen LogP contribution < -0.4 is 0 Å². The molecule has 152 valence electrons. The molecule has 1 amide bonds. The molecule has 0 unspecified atom stereocenters. The number of non-ortho nitro benzene ring substituents is 1. The van der Waals surface area contributed by atoms with Crippen molar-refractivity contribution >= 4 is 17.9 Å². The monoisotopic (exact) mass is 396 g/mol. The lowest BCUT2D eigenvalue weighted by Crippen LogP contribution is -2.47. The lowest BCUT2D eigenvalue weighted by molar-refractivity contribution is -0.384. The van der Waals surface area contributed by atoms with Gasteiger partial charge in [-0.2, -0.15) is 0 Å². The molecule has 0 spiro atoms. The zero-order valence-electron chi connectivity index (χ0n) is 16.4. The number of nitro groups is 1. The third kappa shape index (κ3) is 4.63. The third-order valence-electron chi connectivity index (χ3n) is 5.05. The van der Waals surface area contributed by atoms with Crippen LogP contribution in [0.15, 0.2) is 60.7 Å². The maximum atomic E-state index is 11.9.